The summed E-state index contributed by atoms with van der Waals surface area (Å²) in [5.74, 6) is 0.770. The highest BCUT2D eigenvalue weighted by atomic mass is 16.5. The molecule has 0 atom stereocenters. The van der Waals surface area contributed by atoms with Crippen molar-refractivity contribution in [2.75, 3.05) is 13.2 Å². The molecule has 0 aliphatic carbocycles. The Bertz CT molecular complexity index is 1120. The number of fused-ring (bicyclic) bond motifs is 1. The Hall–Kier alpha value is -3.79. The van der Waals surface area contributed by atoms with Gasteiger partial charge in [-0.3, -0.25) is 4.79 Å². The number of rotatable bonds is 7. The zero-order valence-electron chi connectivity index (χ0n) is 16.1. The maximum absolute atomic E-state index is 12.8. The van der Waals surface area contributed by atoms with Crippen molar-refractivity contribution in [2.24, 2.45) is 0 Å². The maximum Gasteiger partial charge on any atom is 0.338 e. The molecule has 0 saturated heterocycles. The quantitative estimate of drug-likeness (QED) is 0.550. The van der Waals surface area contributed by atoms with Crippen LogP contribution in [0.4, 0.5) is 0 Å². The molecule has 3 aromatic rings. The van der Waals surface area contributed by atoms with Crippen LogP contribution in [0.1, 0.15) is 29.5 Å². The summed E-state index contributed by atoms with van der Waals surface area (Å²) >= 11 is 0. The van der Waals surface area contributed by atoms with Crippen LogP contribution in [0.2, 0.25) is 0 Å². The van der Waals surface area contributed by atoms with Crippen molar-refractivity contribution >= 4 is 16.9 Å². The molecular formula is C22H19NO6. The van der Waals surface area contributed by atoms with E-state index in [-0.39, 0.29) is 17.8 Å². The molecule has 7 nitrogen and oxygen atoms in total. The molecule has 1 heterocycles. The summed E-state index contributed by atoms with van der Waals surface area (Å²) in [5.41, 5.74) is 0.407. The van der Waals surface area contributed by atoms with Crippen LogP contribution in [0.5, 0.6) is 17.2 Å². The molecule has 1 aromatic heterocycles. The van der Waals surface area contributed by atoms with Gasteiger partial charge in [-0.05, 0) is 49.7 Å². The molecule has 0 saturated carbocycles. The van der Waals surface area contributed by atoms with Gasteiger partial charge in [-0.15, -0.1) is 0 Å². The molecular weight excluding hydrogens is 374 g/mol. The molecule has 3 rings (SSSR count). The van der Waals surface area contributed by atoms with Crippen LogP contribution in [-0.4, -0.2) is 19.2 Å². The molecule has 0 aliphatic heterocycles. The third kappa shape index (κ3) is 4.55. The van der Waals surface area contributed by atoms with Gasteiger partial charge in [0.05, 0.1) is 17.6 Å². The lowest BCUT2D eigenvalue weighted by atomic mass is 10.2. The largest absolute Gasteiger partial charge is 0.479 e. The molecule has 0 amide bonds. The summed E-state index contributed by atoms with van der Waals surface area (Å²) in [4.78, 5) is 24.7. The smallest absolute Gasteiger partial charge is 0.338 e. The highest BCUT2D eigenvalue weighted by Gasteiger charge is 2.15. The van der Waals surface area contributed by atoms with E-state index in [4.69, 9.17) is 23.9 Å². The summed E-state index contributed by atoms with van der Waals surface area (Å²) in [6.07, 6.45) is 0.746. The van der Waals surface area contributed by atoms with Gasteiger partial charge in [0.1, 0.15) is 28.9 Å². The average molecular weight is 393 g/mol. The van der Waals surface area contributed by atoms with E-state index in [0.717, 1.165) is 6.42 Å². The summed E-state index contributed by atoms with van der Waals surface area (Å²) in [6.45, 7) is 3.80. The van der Waals surface area contributed by atoms with Crippen LogP contribution in [0, 0.1) is 18.3 Å². The molecule has 0 radical (unpaired) electrons. The van der Waals surface area contributed by atoms with E-state index < -0.39 is 5.97 Å². The van der Waals surface area contributed by atoms with Gasteiger partial charge < -0.3 is 18.6 Å². The highest BCUT2D eigenvalue weighted by Crippen LogP contribution is 2.27. The lowest BCUT2D eigenvalue weighted by Crippen LogP contribution is -2.08. The fourth-order valence-electron chi connectivity index (χ4n) is 2.65. The number of benzene rings is 2. The molecule has 0 fully saturated rings. The van der Waals surface area contributed by atoms with E-state index in [9.17, 15) is 9.59 Å². The second-order valence-electron chi connectivity index (χ2n) is 6.18. The van der Waals surface area contributed by atoms with Crippen LogP contribution >= 0.6 is 0 Å². The van der Waals surface area contributed by atoms with E-state index >= 15 is 0 Å². The SMILES string of the molecule is CCCOC(=O)c1ccc(Oc2c(C)oc3cc(OCC#N)ccc3c2=O)cc1. The monoisotopic (exact) mass is 393 g/mol. The fraction of sp³-hybridized carbons (Fsp3) is 0.227. The van der Waals surface area contributed by atoms with Gasteiger partial charge >= 0.3 is 5.97 Å². The minimum absolute atomic E-state index is 0.0597. The zero-order chi connectivity index (χ0) is 20.8. The highest BCUT2D eigenvalue weighted by molar-refractivity contribution is 5.89. The minimum Gasteiger partial charge on any atom is -0.479 e. The van der Waals surface area contributed by atoms with Gasteiger partial charge in [0.25, 0.3) is 0 Å². The Morgan fingerprint density at radius 3 is 2.55 bits per heavy atom. The standard InChI is InChI=1S/C22H19NO6/c1-3-11-27-22(25)15-4-6-16(7-5-15)29-21-14(2)28-19-13-17(26-12-10-23)8-9-18(19)20(21)24/h4-9,13H,3,11-12H2,1-2H3. The van der Waals surface area contributed by atoms with Crippen molar-refractivity contribution in [3.8, 4) is 23.3 Å². The number of esters is 1. The van der Waals surface area contributed by atoms with Crippen molar-refractivity contribution in [1.82, 2.24) is 0 Å². The number of carbonyl (C=O) groups is 1. The summed E-state index contributed by atoms with van der Waals surface area (Å²) in [6, 6.07) is 12.9. The number of aryl methyl sites for hydroxylation is 1. The Morgan fingerprint density at radius 1 is 1.14 bits per heavy atom. The predicted octanol–water partition coefficient (Wildman–Crippen LogP) is 4.36. The second kappa shape index (κ2) is 8.93. The molecule has 29 heavy (non-hydrogen) atoms. The number of hydrogen-bond acceptors (Lipinski definition) is 7. The Labute approximate surface area is 167 Å². The van der Waals surface area contributed by atoms with Gasteiger partial charge in [-0.25, -0.2) is 4.79 Å². The van der Waals surface area contributed by atoms with E-state index in [1.54, 1.807) is 49.4 Å². The van der Waals surface area contributed by atoms with Crippen molar-refractivity contribution in [2.45, 2.75) is 20.3 Å². The number of nitriles is 1. The van der Waals surface area contributed by atoms with E-state index in [1.807, 2.05) is 13.0 Å². The first-order valence-corrected chi connectivity index (χ1v) is 9.05. The summed E-state index contributed by atoms with van der Waals surface area (Å²) in [7, 11) is 0. The molecule has 0 unspecified atom stereocenters. The Kier molecular flexibility index (Phi) is 6.15. The zero-order valence-corrected chi connectivity index (χ0v) is 16.1. The first kappa shape index (κ1) is 20.0. The van der Waals surface area contributed by atoms with Gasteiger partial charge in [0, 0.05) is 6.07 Å². The molecule has 2 aromatic carbocycles. The number of nitrogens with zero attached hydrogens (tertiary/aromatic N) is 1. The van der Waals surface area contributed by atoms with Gasteiger partial charge in [-0.1, -0.05) is 6.92 Å². The maximum atomic E-state index is 12.8. The third-order valence-corrected chi connectivity index (χ3v) is 4.04. The van der Waals surface area contributed by atoms with Crippen LogP contribution in [0.3, 0.4) is 0 Å². The molecule has 0 aliphatic rings. The average Bonchev–Trinajstić information content (AvgIpc) is 2.73. The van der Waals surface area contributed by atoms with Crippen molar-refractivity contribution < 1.29 is 23.4 Å². The normalized spacial score (nSPS) is 10.4. The van der Waals surface area contributed by atoms with Crippen LogP contribution in [-0.2, 0) is 4.74 Å². The van der Waals surface area contributed by atoms with E-state index in [2.05, 4.69) is 0 Å². The van der Waals surface area contributed by atoms with Crippen molar-refractivity contribution in [3.05, 3.63) is 64.0 Å². The molecule has 7 heteroatoms. The van der Waals surface area contributed by atoms with Crippen molar-refractivity contribution in [1.29, 1.82) is 5.26 Å². The molecule has 0 spiro atoms. The van der Waals surface area contributed by atoms with Crippen LogP contribution in [0.15, 0.2) is 51.7 Å². The van der Waals surface area contributed by atoms with Gasteiger partial charge in [-0.2, -0.15) is 5.26 Å². The number of ether oxygens (including phenoxy) is 3. The minimum atomic E-state index is -0.408. The molecule has 0 bridgehead atoms. The van der Waals surface area contributed by atoms with E-state index in [1.165, 1.54) is 0 Å². The number of carbonyl (C=O) groups excluding carboxylic acids is 1. The van der Waals surface area contributed by atoms with Crippen molar-refractivity contribution in [3.63, 3.8) is 0 Å². The summed E-state index contributed by atoms with van der Waals surface area (Å²) in [5, 5.41) is 8.93. The topological polar surface area (TPSA) is 98.8 Å². The van der Waals surface area contributed by atoms with Crippen LogP contribution < -0.4 is 14.9 Å². The third-order valence-electron chi connectivity index (χ3n) is 4.04. The summed E-state index contributed by atoms with van der Waals surface area (Å²) < 4.78 is 21.8. The Morgan fingerprint density at radius 2 is 1.86 bits per heavy atom. The van der Waals surface area contributed by atoms with Gasteiger partial charge in [0.15, 0.2) is 6.61 Å². The molecule has 0 N–H and O–H groups in total. The second-order valence-corrected chi connectivity index (χ2v) is 6.18. The lowest BCUT2D eigenvalue weighted by Gasteiger charge is -2.10. The lowest BCUT2D eigenvalue weighted by molar-refractivity contribution is 0.0505. The van der Waals surface area contributed by atoms with Gasteiger partial charge in [0.2, 0.25) is 11.2 Å². The van der Waals surface area contributed by atoms with E-state index in [0.29, 0.717) is 40.4 Å². The first-order chi connectivity index (χ1) is 14.0. The fourth-order valence-corrected chi connectivity index (χ4v) is 2.65. The number of hydrogen-bond donors (Lipinski definition) is 0. The molecule has 148 valence electrons. The van der Waals surface area contributed by atoms with Crippen LogP contribution in [0.25, 0.3) is 11.0 Å². The predicted molar refractivity (Wildman–Crippen MR) is 105 cm³/mol. The Balaban J connectivity index is 1.85. The first-order valence-electron chi connectivity index (χ1n) is 9.05.